The lowest BCUT2D eigenvalue weighted by molar-refractivity contribution is 0.129. The van der Waals surface area contributed by atoms with Crippen LogP contribution in [0, 0.1) is 0 Å². The molecule has 0 saturated carbocycles. The zero-order chi connectivity index (χ0) is 18.9. The van der Waals surface area contributed by atoms with Crippen molar-refractivity contribution in [3.05, 3.63) is 12.2 Å². The number of nitrogens with zero attached hydrogens (tertiary/aromatic N) is 4. The molecule has 2 N–H and O–H groups in total. The summed E-state index contributed by atoms with van der Waals surface area (Å²) in [6.07, 6.45) is 6.84. The Bertz CT molecular complexity index is 484. The second-order valence-electron chi connectivity index (χ2n) is 6.04. The van der Waals surface area contributed by atoms with Crippen molar-refractivity contribution in [2.45, 2.75) is 52.5 Å². The van der Waals surface area contributed by atoms with Crippen LogP contribution in [0.1, 0.15) is 45.4 Å². The van der Waals surface area contributed by atoms with Crippen LogP contribution in [0.3, 0.4) is 0 Å². The van der Waals surface area contributed by atoms with Crippen LogP contribution < -0.4 is 10.6 Å². The van der Waals surface area contributed by atoms with E-state index in [0.29, 0.717) is 0 Å². The van der Waals surface area contributed by atoms with Crippen molar-refractivity contribution in [3.63, 3.8) is 0 Å². The number of hydrogen-bond acceptors (Lipinski definition) is 5. The molecule has 0 aliphatic rings. The predicted octanol–water partition coefficient (Wildman–Crippen LogP) is 2.24. The Morgan fingerprint density at radius 2 is 1.89 bits per heavy atom. The van der Waals surface area contributed by atoms with Crippen molar-refractivity contribution in [3.8, 4) is 0 Å². The Hall–Kier alpha value is -0.940. The molecule has 0 amide bonds. The van der Waals surface area contributed by atoms with Crippen LogP contribution in [0.15, 0.2) is 11.3 Å². The number of methoxy groups -OCH3 is 1. The van der Waals surface area contributed by atoms with E-state index in [2.05, 4.69) is 44.2 Å². The standard InChI is InChI=1S/C18H36N6O2.HI/c1-4-6-14-26-15-8-10-20-18(19-9-7-13-25-3)21-11-12-24-16-22-23-17(24)5-2;/h16H,4-15H2,1-3H3,(H2,19,20,21);1H. The summed E-state index contributed by atoms with van der Waals surface area (Å²) in [5, 5.41) is 14.8. The number of aliphatic imine (C=N–C) groups is 1. The zero-order valence-electron chi connectivity index (χ0n) is 17.1. The summed E-state index contributed by atoms with van der Waals surface area (Å²) < 4.78 is 12.7. The van der Waals surface area contributed by atoms with E-state index in [1.807, 2.05) is 0 Å². The molecule has 1 heterocycles. The molecule has 0 aliphatic heterocycles. The van der Waals surface area contributed by atoms with Crippen LogP contribution in [0.2, 0.25) is 0 Å². The fraction of sp³-hybridized carbons (Fsp3) is 0.833. The monoisotopic (exact) mass is 496 g/mol. The first-order chi connectivity index (χ1) is 12.8. The van der Waals surface area contributed by atoms with E-state index in [9.17, 15) is 0 Å². The molecule has 1 rings (SSSR count). The predicted molar refractivity (Wildman–Crippen MR) is 120 cm³/mol. The fourth-order valence-corrected chi connectivity index (χ4v) is 2.34. The number of halogens is 1. The second kappa shape index (κ2) is 18.4. The second-order valence-corrected chi connectivity index (χ2v) is 6.04. The number of rotatable bonds is 15. The molecule has 0 radical (unpaired) electrons. The topological polar surface area (TPSA) is 85.6 Å². The van der Waals surface area contributed by atoms with Gasteiger partial charge in [0.25, 0.3) is 0 Å². The molecule has 9 heteroatoms. The Kier molecular flexibility index (Phi) is 17.8. The van der Waals surface area contributed by atoms with E-state index in [-0.39, 0.29) is 24.0 Å². The number of unbranched alkanes of at least 4 members (excludes halogenated alkanes) is 1. The maximum atomic E-state index is 5.59. The van der Waals surface area contributed by atoms with E-state index >= 15 is 0 Å². The van der Waals surface area contributed by atoms with Crippen LogP contribution in [0.4, 0.5) is 0 Å². The van der Waals surface area contributed by atoms with Crippen molar-refractivity contribution >= 4 is 29.9 Å². The van der Waals surface area contributed by atoms with Crippen molar-refractivity contribution in [1.82, 2.24) is 25.4 Å². The minimum absolute atomic E-state index is 0. The van der Waals surface area contributed by atoms with Gasteiger partial charge in [-0.1, -0.05) is 20.3 Å². The molecule has 0 spiro atoms. The van der Waals surface area contributed by atoms with Gasteiger partial charge in [0.05, 0.1) is 0 Å². The summed E-state index contributed by atoms with van der Waals surface area (Å²) in [7, 11) is 1.71. The number of nitrogens with one attached hydrogen (secondary N) is 2. The summed E-state index contributed by atoms with van der Waals surface area (Å²) in [5.74, 6) is 1.84. The Morgan fingerprint density at radius 1 is 1.11 bits per heavy atom. The van der Waals surface area contributed by atoms with Gasteiger partial charge < -0.3 is 24.7 Å². The van der Waals surface area contributed by atoms with Gasteiger partial charge in [-0.3, -0.25) is 4.99 Å². The smallest absolute Gasteiger partial charge is 0.191 e. The molecule has 0 atom stereocenters. The minimum Gasteiger partial charge on any atom is -0.385 e. The van der Waals surface area contributed by atoms with Crippen molar-refractivity contribution < 1.29 is 9.47 Å². The molecule has 1 aromatic rings. The van der Waals surface area contributed by atoms with Gasteiger partial charge >= 0.3 is 0 Å². The highest BCUT2D eigenvalue weighted by Gasteiger charge is 2.02. The number of hydrogen-bond donors (Lipinski definition) is 2. The van der Waals surface area contributed by atoms with Gasteiger partial charge in [0.15, 0.2) is 5.96 Å². The highest BCUT2D eigenvalue weighted by atomic mass is 127. The van der Waals surface area contributed by atoms with E-state index in [1.165, 1.54) is 6.42 Å². The maximum absolute atomic E-state index is 5.59. The largest absolute Gasteiger partial charge is 0.385 e. The van der Waals surface area contributed by atoms with Crippen molar-refractivity contribution in [2.24, 2.45) is 4.99 Å². The third-order valence-electron chi connectivity index (χ3n) is 3.83. The number of guanidine groups is 1. The molecular formula is C18H37IN6O2. The Morgan fingerprint density at radius 3 is 2.63 bits per heavy atom. The van der Waals surface area contributed by atoms with E-state index in [4.69, 9.17) is 9.47 Å². The normalized spacial score (nSPS) is 11.3. The summed E-state index contributed by atoms with van der Waals surface area (Å²) in [4.78, 5) is 4.60. The first kappa shape index (κ1) is 26.1. The average Bonchev–Trinajstić information content (AvgIpc) is 3.11. The number of aromatic nitrogens is 3. The quantitative estimate of drug-likeness (QED) is 0.168. The van der Waals surface area contributed by atoms with Gasteiger partial charge in [-0.2, -0.15) is 0 Å². The number of aryl methyl sites for hydroxylation is 1. The third kappa shape index (κ3) is 13.0. The van der Waals surface area contributed by atoms with Crippen LogP contribution >= 0.6 is 24.0 Å². The average molecular weight is 496 g/mol. The number of ether oxygens (including phenoxy) is 2. The highest BCUT2D eigenvalue weighted by Crippen LogP contribution is 1.95. The molecular weight excluding hydrogens is 459 g/mol. The molecule has 1 aromatic heterocycles. The summed E-state index contributed by atoms with van der Waals surface area (Å²) >= 11 is 0. The van der Waals surface area contributed by atoms with Crippen LogP contribution in [-0.4, -0.2) is 67.3 Å². The van der Waals surface area contributed by atoms with Crippen molar-refractivity contribution in [1.29, 1.82) is 0 Å². The maximum Gasteiger partial charge on any atom is 0.191 e. The molecule has 0 fully saturated rings. The van der Waals surface area contributed by atoms with E-state index < -0.39 is 0 Å². The molecule has 0 bridgehead atoms. The molecule has 8 nitrogen and oxygen atoms in total. The van der Waals surface area contributed by atoms with E-state index in [1.54, 1.807) is 13.4 Å². The van der Waals surface area contributed by atoms with Gasteiger partial charge in [-0.15, -0.1) is 34.2 Å². The first-order valence-corrected chi connectivity index (χ1v) is 9.77. The van der Waals surface area contributed by atoms with Gasteiger partial charge in [-0.05, 0) is 19.3 Å². The minimum atomic E-state index is 0. The fourth-order valence-electron chi connectivity index (χ4n) is 2.34. The highest BCUT2D eigenvalue weighted by molar-refractivity contribution is 14.0. The van der Waals surface area contributed by atoms with Crippen LogP contribution in [0.25, 0.3) is 0 Å². The lowest BCUT2D eigenvalue weighted by Crippen LogP contribution is -2.40. The summed E-state index contributed by atoms with van der Waals surface area (Å²) in [5.41, 5.74) is 0. The molecule has 0 aliphatic carbocycles. The lowest BCUT2D eigenvalue weighted by Gasteiger charge is -2.13. The molecule has 0 aromatic carbocycles. The van der Waals surface area contributed by atoms with Crippen LogP contribution in [0.5, 0.6) is 0 Å². The Labute approximate surface area is 180 Å². The zero-order valence-corrected chi connectivity index (χ0v) is 19.4. The molecule has 0 unspecified atom stereocenters. The third-order valence-corrected chi connectivity index (χ3v) is 3.83. The molecule has 0 saturated heterocycles. The SMILES string of the molecule is CCCCOCCCNC(=NCCCOC)NCCn1cnnc1CC.I. The lowest BCUT2D eigenvalue weighted by atomic mass is 10.4. The van der Waals surface area contributed by atoms with Crippen molar-refractivity contribution in [2.75, 3.05) is 46.6 Å². The molecule has 158 valence electrons. The summed E-state index contributed by atoms with van der Waals surface area (Å²) in [6, 6.07) is 0. The first-order valence-electron chi connectivity index (χ1n) is 9.77. The summed E-state index contributed by atoms with van der Waals surface area (Å²) in [6.45, 7) is 9.78. The molecule has 27 heavy (non-hydrogen) atoms. The van der Waals surface area contributed by atoms with Gasteiger partial charge in [0.1, 0.15) is 12.2 Å². The van der Waals surface area contributed by atoms with Crippen LogP contribution in [-0.2, 0) is 22.4 Å². The van der Waals surface area contributed by atoms with Gasteiger partial charge in [0, 0.05) is 59.5 Å². The van der Waals surface area contributed by atoms with E-state index in [0.717, 1.165) is 83.5 Å². The van der Waals surface area contributed by atoms with Gasteiger partial charge in [-0.25, -0.2) is 0 Å². The van der Waals surface area contributed by atoms with Gasteiger partial charge in [0.2, 0.25) is 0 Å². The Balaban J connectivity index is 0.00000676.